The van der Waals surface area contributed by atoms with Gasteiger partial charge in [0.1, 0.15) is 6.10 Å². The molecule has 1 aliphatic heterocycles. The Morgan fingerprint density at radius 3 is 2.68 bits per heavy atom. The minimum absolute atomic E-state index is 0.125. The Morgan fingerprint density at radius 2 is 1.82 bits per heavy atom. The van der Waals surface area contributed by atoms with Crippen LogP contribution in [0.3, 0.4) is 0 Å². The van der Waals surface area contributed by atoms with Gasteiger partial charge in [-0.1, -0.05) is 69.4 Å². The SMILES string of the molecule is CCCCCCCCOC12OC1C=CC1=C2c2ccccc21. The van der Waals surface area contributed by atoms with E-state index in [1.54, 1.807) is 0 Å². The van der Waals surface area contributed by atoms with Crippen LogP contribution in [0.15, 0.2) is 36.4 Å². The Balaban J connectivity index is 1.35. The van der Waals surface area contributed by atoms with Crippen molar-refractivity contribution in [2.45, 2.75) is 57.3 Å². The summed E-state index contributed by atoms with van der Waals surface area (Å²) in [6.45, 7) is 3.06. The molecule has 0 amide bonds. The van der Waals surface area contributed by atoms with Crippen molar-refractivity contribution in [3.8, 4) is 0 Å². The van der Waals surface area contributed by atoms with Gasteiger partial charge in [-0.05, 0) is 29.2 Å². The molecule has 0 spiro atoms. The molecule has 1 aromatic rings. The van der Waals surface area contributed by atoms with Crippen LogP contribution in [0.25, 0.3) is 11.1 Å². The first-order valence-electron chi connectivity index (χ1n) is 8.71. The summed E-state index contributed by atoms with van der Waals surface area (Å²) in [4.78, 5) is 0. The highest BCUT2D eigenvalue weighted by Gasteiger charge is 2.64. The molecule has 0 saturated carbocycles. The van der Waals surface area contributed by atoms with E-state index in [0.29, 0.717) is 0 Å². The molecule has 4 rings (SSSR count). The summed E-state index contributed by atoms with van der Waals surface area (Å²) in [6.07, 6.45) is 12.2. The number of epoxide rings is 1. The molecule has 2 unspecified atom stereocenters. The predicted octanol–water partition coefficient (Wildman–Crippen LogP) is 4.95. The van der Waals surface area contributed by atoms with Gasteiger partial charge in [0.05, 0.1) is 6.61 Å². The van der Waals surface area contributed by atoms with Gasteiger partial charge in [0.25, 0.3) is 0 Å². The monoisotopic (exact) mass is 296 g/mol. The third-order valence-electron chi connectivity index (χ3n) is 4.98. The summed E-state index contributed by atoms with van der Waals surface area (Å²) in [5, 5.41) is 0. The largest absolute Gasteiger partial charge is 0.344 e. The van der Waals surface area contributed by atoms with Crippen LogP contribution in [0.4, 0.5) is 0 Å². The highest BCUT2D eigenvalue weighted by molar-refractivity contribution is 6.12. The molecule has 22 heavy (non-hydrogen) atoms. The van der Waals surface area contributed by atoms with Gasteiger partial charge in [-0.2, -0.15) is 0 Å². The molecule has 2 atom stereocenters. The van der Waals surface area contributed by atoms with Gasteiger partial charge >= 0.3 is 0 Å². The fourth-order valence-electron chi connectivity index (χ4n) is 3.70. The van der Waals surface area contributed by atoms with Gasteiger partial charge < -0.3 is 9.47 Å². The van der Waals surface area contributed by atoms with E-state index in [4.69, 9.17) is 9.47 Å². The summed E-state index contributed by atoms with van der Waals surface area (Å²) in [5.41, 5.74) is 5.24. The first kappa shape index (κ1) is 14.2. The molecule has 2 nitrogen and oxygen atoms in total. The molecule has 1 aromatic carbocycles. The molecule has 0 radical (unpaired) electrons. The van der Waals surface area contributed by atoms with Crippen LogP contribution in [0.1, 0.15) is 56.6 Å². The Kier molecular flexibility index (Phi) is 3.67. The van der Waals surface area contributed by atoms with Crippen LogP contribution in [0, 0.1) is 0 Å². The average Bonchev–Trinajstić information content (AvgIpc) is 3.23. The normalized spacial score (nSPS) is 27.0. The van der Waals surface area contributed by atoms with Crippen LogP contribution in [0.2, 0.25) is 0 Å². The second-order valence-corrected chi connectivity index (χ2v) is 6.52. The van der Waals surface area contributed by atoms with E-state index >= 15 is 0 Å². The van der Waals surface area contributed by atoms with Crippen LogP contribution in [0.5, 0.6) is 0 Å². The van der Waals surface area contributed by atoms with Crippen LogP contribution in [-0.2, 0) is 9.47 Å². The molecule has 1 fully saturated rings. The molecule has 0 N–H and O–H groups in total. The Hall–Kier alpha value is -1.38. The lowest BCUT2D eigenvalue weighted by Gasteiger charge is -2.32. The maximum absolute atomic E-state index is 6.21. The van der Waals surface area contributed by atoms with Gasteiger partial charge in [0.15, 0.2) is 0 Å². The Labute approximate surface area is 132 Å². The summed E-state index contributed by atoms with van der Waals surface area (Å²) in [7, 11) is 0. The van der Waals surface area contributed by atoms with Gasteiger partial charge in [-0.3, -0.25) is 0 Å². The molecule has 3 aliphatic rings. The Bertz CT molecular complexity index is 628. The second-order valence-electron chi connectivity index (χ2n) is 6.52. The zero-order valence-electron chi connectivity index (χ0n) is 13.3. The quantitative estimate of drug-likeness (QED) is 0.500. The number of rotatable bonds is 8. The summed E-state index contributed by atoms with van der Waals surface area (Å²) in [5.74, 6) is -0.456. The van der Waals surface area contributed by atoms with E-state index < -0.39 is 5.79 Å². The van der Waals surface area contributed by atoms with E-state index in [9.17, 15) is 0 Å². The van der Waals surface area contributed by atoms with Crippen molar-refractivity contribution in [3.63, 3.8) is 0 Å². The lowest BCUT2D eigenvalue weighted by Crippen LogP contribution is -2.29. The minimum Gasteiger partial charge on any atom is -0.344 e. The van der Waals surface area contributed by atoms with Crippen LogP contribution in [-0.4, -0.2) is 18.5 Å². The molecular formula is C20H24O2. The lowest BCUT2D eigenvalue weighted by molar-refractivity contribution is -0.00241. The van der Waals surface area contributed by atoms with Crippen molar-refractivity contribution >= 4 is 11.1 Å². The van der Waals surface area contributed by atoms with Crippen LogP contribution < -0.4 is 0 Å². The first-order valence-corrected chi connectivity index (χ1v) is 8.71. The Morgan fingerprint density at radius 1 is 1.05 bits per heavy atom. The molecule has 2 aliphatic carbocycles. The fraction of sp³-hybridized carbons (Fsp3) is 0.500. The molecule has 2 heteroatoms. The minimum atomic E-state index is -0.456. The molecule has 0 bridgehead atoms. The number of allylic oxidation sites excluding steroid dienone is 2. The zero-order valence-corrected chi connectivity index (χ0v) is 13.3. The molecule has 116 valence electrons. The van der Waals surface area contributed by atoms with Crippen molar-refractivity contribution in [1.82, 2.24) is 0 Å². The van der Waals surface area contributed by atoms with Crippen molar-refractivity contribution in [2.24, 2.45) is 0 Å². The maximum Gasteiger partial charge on any atom is 0.228 e. The van der Waals surface area contributed by atoms with Gasteiger partial charge in [0, 0.05) is 5.57 Å². The van der Waals surface area contributed by atoms with Crippen molar-refractivity contribution < 1.29 is 9.47 Å². The van der Waals surface area contributed by atoms with Crippen molar-refractivity contribution in [2.75, 3.05) is 6.61 Å². The van der Waals surface area contributed by atoms with Crippen molar-refractivity contribution in [3.05, 3.63) is 47.5 Å². The van der Waals surface area contributed by atoms with E-state index in [0.717, 1.165) is 13.0 Å². The lowest BCUT2D eigenvalue weighted by atomic mass is 9.74. The van der Waals surface area contributed by atoms with Crippen LogP contribution >= 0.6 is 0 Å². The number of benzene rings is 1. The smallest absolute Gasteiger partial charge is 0.228 e. The number of unbranched alkanes of at least 4 members (excludes halogenated alkanes) is 5. The van der Waals surface area contributed by atoms with E-state index in [1.807, 2.05) is 0 Å². The molecule has 1 saturated heterocycles. The standard InChI is InChI=1S/C20H24O2/c1-2-3-4-5-6-9-14-21-20-18(22-20)13-12-17-15-10-7-8-11-16(15)19(17)20/h7-8,10-13,18H,2-6,9,14H2,1H3. The van der Waals surface area contributed by atoms with E-state index in [1.165, 1.54) is 54.4 Å². The second kappa shape index (κ2) is 5.68. The van der Waals surface area contributed by atoms with Gasteiger partial charge in [-0.15, -0.1) is 0 Å². The summed E-state index contributed by atoms with van der Waals surface area (Å²) in [6, 6.07) is 8.56. The third-order valence-corrected chi connectivity index (χ3v) is 4.98. The third kappa shape index (κ3) is 2.17. The zero-order chi connectivity index (χ0) is 15.0. The molecule has 1 heterocycles. The van der Waals surface area contributed by atoms with Crippen molar-refractivity contribution in [1.29, 1.82) is 0 Å². The fourth-order valence-corrected chi connectivity index (χ4v) is 3.70. The number of hydrogen-bond donors (Lipinski definition) is 0. The topological polar surface area (TPSA) is 21.8 Å². The van der Waals surface area contributed by atoms with E-state index in [2.05, 4.69) is 43.3 Å². The van der Waals surface area contributed by atoms with Gasteiger partial charge in [0.2, 0.25) is 5.79 Å². The maximum atomic E-state index is 6.21. The molecular weight excluding hydrogens is 272 g/mol. The highest BCUT2D eigenvalue weighted by Crippen LogP contribution is 2.60. The molecule has 0 aromatic heterocycles. The summed E-state index contributed by atoms with van der Waals surface area (Å²) < 4.78 is 12.1. The number of hydrogen-bond acceptors (Lipinski definition) is 2. The average molecular weight is 296 g/mol. The van der Waals surface area contributed by atoms with E-state index in [-0.39, 0.29) is 6.10 Å². The number of fused-ring (bicyclic) bond motifs is 5. The number of ether oxygens (including phenoxy) is 2. The predicted molar refractivity (Wildman–Crippen MR) is 89.3 cm³/mol. The first-order chi connectivity index (χ1) is 10.9. The summed E-state index contributed by atoms with van der Waals surface area (Å²) >= 11 is 0. The van der Waals surface area contributed by atoms with Gasteiger partial charge in [-0.25, -0.2) is 0 Å². The highest BCUT2D eigenvalue weighted by atomic mass is 16.8.